The lowest BCUT2D eigenvalue weighted by atomic mass is 10.4. The first-order chi connectivity index (χ1) is 8.65. The van der Waals surface area contributed by atoms with E-state index in [4.69, 9.17) is 12.2 Å². The van der Waals surface area contributed by atoms with Crippen LogP contribution in [0.1, 0.15) is 12.8 Å². The molecule has 2 aromatic heterocycles. The van der Waals surface area contributed by atoms with Gasteiger partial charge in [-0.05, 0) is 54.1 Å². The monoisotopic (exact) mass is 326 g/mol. The normalized spacial score (nSPS) is 15.7. The standard InChI is InChI=1S/C12H15BrN4S/c1-16(9-2-3-9)4-5-17-11-10(15-12(17)18)6-8(13)7-14-11/h6-7,9H,2-5H2,1H3,(H,15,18). The van der Waals surface area contributed by atoms with Crippen molar-refractivity contribution in [3.05, 3.63) is 21.5 Å². The Bertz CT molecular complexity index is 629. The number of fused-ring (bicyclic) bond motifs is 1. The van der Waals surface area contributed by atoms with Gasteiger partial charge in [0, 0.05) is 29.8 Å². The van der Waals surface area contributed by atoms with Crippen molar-refractivity contribution in [3.63, 3.8) is 0 Å². The summed E-state index contributed by atoms with van der Waals surface area (Å²) >= 11 is 8.78. The van der Waals surface area contributed by atoms with E-state index in [-0.39, 0.29) is 0 Å². The van der Waals surface area contributed by atoms with Gasteiger partial charge in [-0.25, -0.2) is 4.98 Å². The Morgan fingerprint density at radius 3 is 3.11 bits per heavy atom. The average molecular weight is 327 g/mol. The Labute approximate surface area is 119 Å². The second-order valence-electron chi connectivity index (χ2n) is 4.82. The molecule has 0 radical (unpaired) electrons. The highest BCUT2D eigenvalue weighted by molar-refractivity contribution is 9.10. The number of aromatic nitrogens is 3. The van der Waals surface area contributed by atoms with Gasteiger partial charge >= 0.3 is 0 Å². The van der Waals surface area contributed by atoms with Crippen LogP contribution in [0.15, 0.2) is 16.7 Å². The van der Waals surface area contributed by atoms with Gasteiger partial charge in [-0.15, -0.1) is 0 Å². The third kappa shape index (κ3) is 2.37. The number of imidazole rings is 1. The fourth-order valence-electron chi connectivity index (χ4n) is 2.18. The molecule has 1 aliphatic rings. The van der Waals surface area contributed by atoms with E-state index >= 15 is 0 Å². The number of likely N-dealkylation sites (N-methyl/N-ethyl adjacent to an activating group) is 1. The fourth-order valence-corrected chi connectivity index (χ4v) is 2.80. The molecule has 3 rings (SSSR count). The van der Waals surface area contributed by atoms with E-state index in [9.17, 15) is 0 Å². The Kier molecular flexibility index (Phi) is 3.25. The van der Waals surface area contributed by atoms with Crippen molar-refractivity contribution in [2.75, 3.05) is 13.6 Å². The summed E-state index contributed by atoms with van der Waals surface area (Å²) in [6, 6.07) is 2.80. The number of H-pyrrole nitrogens is 1. The summed E-state index contributed by atoms with van der Waals surface area (Å²) in [7, 11) is 2.18. The zero-order chi connectivity index (χ0) is 12.7. The third-order valence-corrected chi connectivity index (χ3v) is 4.18. The molecular formula is C12H15BrN4S. The maximum absolute atomic E-state index is 5.36. The maximum Gasteiger partial charge on any atom is 0.179 e. The zero-order valence-corrected chi connectivity index (χ0v) is 12.6. The molecule has 1 fully saturated rings. The van der Waals surface area contributed by atoms with Crippen LogP contribution in [0.4, 0.5) is 0 Å². The van der Waals surface area contributed by atoms with Gasteiger partial charge in [0.1, 0.15) is 0 Å². The van der Waals surface area contributed by atoms with Crippen molar-refractivity contribution >= 4 is 39.3 Å². The van der Waals surface area contributed by atoms with E-state index in [1.165, 1.54) is 12.8 Å². The zero-order valence-electron chi connectivity index (χ0n) is 10.2. The second kappa shape index (κ2) is 4.75. The van der Waals surface area contributed by atoms with E-state index in [0.29, 0.717) is 0 Å². The second-order valence-corrected chi connectivity index (χ2v) is 6.12. The molecule has 1 aliphatic carbocycles. The van der Waals surface area contributed by atoms with Crippen LogP contribution in [0.2, 0.25) is 0 Å². The number of nitrogens with one attached hydrogen (secondary N) is 1. The van der Waals surface area contributed by atoms with Crippen molar-refractivity contribution in [1.82, 2.24) is 19.4 Å². The van der Waals surface area contributed by atoms with Crippen molar-refractivity contribution in [2.24, 2.45) is 0 Å². The summed E-state index contributed by atoms with van der Waals surface area (Å²) in [4.78, 5) is 10.0. The van der Waals surface area contributed by atoms with Crippen LogP contribution in [-0.4, -0.2) is 39.1 Å². The van der Waals surface area contributed by atoms with Gasteiger partial charge in [-0.3, -0.25) is 0 Å². The number of nitrogens with zero attached hydrogens (tertiary/aromatic N) is 3. The highest BCUT2D eigenvalue weighted by atomic mass is 79.9. The topological polar surface area (TPSA) is 36.9 Å². The molecule has 96 valence electrons. The molecule has 2 aromatic rings. The van der Waals surface area contributed by atoms with E-state index in [0.717, 1.165) is 39.5 Å². The number of aromatic amines is 1. The molecule has 0 saturated heterocycles. The Morgan fingerprint density at radius 2 is 2.39 bits per heavy atom. The number of halogens is 1. The van der Waals surface area contributed by atoms with Crippen molar-refractivity contribution in [1.29, 1.82) is 0 Å². The summed E-state index contributed by atoms with van der Waals surface area (Å²) in [5, 5.41) is 0. The summed E-state index contributed by atoms with van der Waals surface area (Å²) in [6.07, 6.45) is 4.48. The number of hydrogen-bond donors (Lipinski definition) is 1. The molecule has 2 heterocycles. The van der Waals surface area contributed by atoms with Crippen LogP contribution >= 0.6 is 28.1 Å². The van der Waals surface area contributed by atoms with Gasteiger partial charge in [0.2, 0.25) is 0 Å². The van der Waals surface area contributed by atoms with Gasteiger partial charge in [0.15, 0.2) is 10.4 Å². The largest absolute Gasteiger partial charge is 0.329 e. The minimum Gasteiger partial charge on any atom is -0.329 e. The lowest BCUT2D eigenvalue weighted by molar-refractivity contribution is 0.310. The summed E-state index contributed by atoms with van der Waals surface area (Å²) in [5.74, 6) is 0. The predicted octanol–water partition coefficient (Wildman–Crippen LogP) is 2.95. The molecule has 4 nitrogen and oxygen atoms in total. The Balaban J connectivity index is 1.86. The molecule has 6 heteroatoms. The lowest BCUT2D eigenvalue weighted by Gasteiger charge is -2.15. The van der Waals surface area contributed by atoms with Gasteiger partial charge in [-0.1, -0.05) is 0 Å². The molecule has 0 aliphatic heterocycles. The van der Waals surface area contributed by atoms with Gasteiger partial charge in [0.25, 0.3) is 0 Å². The molecule has 0 bridgehead atoms. The van der Waals surface area contributed by atoms with Crippen molar-refractivity contribution in [2.45, 2.75) is 25.4 Å². The van der Waals surface area contributed by atoms with Crippen LogP contribution in [0.25, 0.3) is 11.2 Å². The smallest absolute Gasteiger partial charge is 0.179 e. The summed E-state index contributed by atoms with van der Waals surface area (Å²) in [6.45, 7) is 1.91. The van der Waals surface area contributed by atoms with Crippen LogP contribution in [0, 0.1) is 4.77 Å². The van der Waals surface area contributed by atoms with Crippen molar-refractivity contribution in [3.8, 4) is 0 Å². The van der Waals surface area contributed by atoms with E-state index in [1.807, 2.05) is 12.3 Å². The van der Waals surface area contributed by atoms with Crippen LogP contribution < -0.4 is 0 Å². The average Bonchev–Trinajstić information content (AvgIpc) is 3.11. The van der Waals surface area contributed by atoms with Gasteiger partial charge < -0.3 is 14.5 Å². The van der Waals surface area contributed by atoms with Gasteiger partial charge in [-0.2, -0.15) is 0 Å². The first kappa shape index (κ1) is 12.3. The summed E-state index contributed by atoms with van der Waals surface area (Å²) < 4.78 is 3.80. The number of hydrogen-bond acceptors (Lipinski definition) is 3. The third-order valence-electron chi connectivity index (χ3n) is 3.42. The Morgan fingerprint density at radius 1 is 1.61 bits per heavy atom. The highest BCUT2D eigenvalue weighted by Crippen LogP contribution is 2.25. The molecule has 0 unspecified atom stereocenters. The Hall–Kier alpha value is -0.720. The fraction of sp³-hybridized carbons (Fsp3) is 0.500. The number of pyridine rings is 1. The van der Waals surface area contributed by atoms with Crippen LogP contribution in [-0.2, 0) is 6.54 Å². The maximum atomic E-state index is 5.36. The first-order valence-electron chi connectivity index (χ1n) is 6.09. The molecule has 0 amide bonds. The minimum absolute atomic E-state index is 0.750. The molecule has 0 atom stereocenters. The SMILES string of the molecule is CN(CCn1c(=S)[nH]c2cc(Br)cnc21)C1CC1. The van der Waals surface area contributed by atoms with Crippen molar-refractivity contribution < 1.29 is 0 Å². The van der Waals surface area contributed by atoms with E-state index in [2.05, 4.69) is 42.4 Å². The molecule has 1 N–H and O–H groups in total. The van der Waals surface area contributed by atoms with Crippen LogP contribution in [0.5, 0.6) is 0 Å². The lowest BCUT2D eigenvalue weighted by Crippen LogP contribution is -2.25. The summed E-state index contributed by atoms with van der Waals surface area (Å²) in [5.41, 5.74) is 1.93. The molecular weight excluding hydrogens is 312 g/mol. The molecule has 18 heavy (non-hydrogen) atoms. The van der Waals surface area contributed by atoms with E-state index in [1.54, 1.807) is 0 Å². The number of rotatable bonds is 4. The van der Waals surface area contributed by atoms with E-state index < -0.39 is 0 Å². The quantitative estimate of drug-likeness (QED) is 0.877. The van der Waals surface area contributed by atoms with Crippen LogP contribution in [0.3, 0.4) is 0 Å². The molecule has 0 spiro atoms. The first-order valence-corrected chi connectivity index (χ1v) is 7.29. The highest BCUT2D eigenvalue weighted by Gasteiger charge is 2.25. The molecule has 1 saturated carbocycles. The van der Waals surface area contributed by atoms with Gasteiger partial charge in [0.05, 0.1) is 5.52 Å². The predicted molar refractivity (Wildman–Crippen MR) is 78.3 cm³/mol. The molecule has 0 aromatic carbocycles. The minimum atomic E-state index is 0.750.